The molecule has 0 saturated heterocycles. The Bertz CT molecular complexity index is 1040. The zero-order chi connectivity index (χ0) is 22.5. The number of nitrogens with zero attached hydrogens (tertiary/aromatic N) is 1. The molecule has 2 amide bonds. The van der Waals surface area contributed by atoms with Crippen molar-refractivity contribution in [2.75, 3.05) is 17.7 Å². The number of hydrogen-bond acceptors (Lipinski definition) is 8. The summed E-state index contributed by atoms with van der Waals surface area (Å²) in [6, 6.07) is 11.0. The largest absolute Gasteiger partial charge is 0.495 e. The molecular formula is C20H19N3O7S. The van der Waals surface area contributed by atoms with E-state index in [-0.39, 0.29) is 29.5 Å². The summed E-state index contributed by atoms with van der Waals surface area (Å²) in [6.45, 7) is 1.36. The van der Waals surface area contributed by atoms with Crippen LogP contribution < -0.4 is 15.4 Å². The molecule has 2 aromatic rings. The van der Waals surface area contributed by atoms with Crippen LogP contribution in [0.5, 0.6) is 5.75 Å². The Balaban J connectivity index is 1.60. The smallest absolute Gasteiger partial charge is 0.308 e. The van der Waals surface area contributed by atoms with E-state index in [0.717, 1.165) is 11.0 Å². The van der Waals surface area contributed by atoms with Gasteiger partial charge in [-0.25, -0.2) is 0 Å². The Morgan fingerprint density at radius 1 is 1.29 bits per heavy atom. The van der Waals surface area contributed by atoms with E-state index in [1.807, 2.05) is 12.1 Å². The normalized spacial score (nSPS) is 15.8. The molecule has 0 aliphatic carbocycles. The Kier molecular flexibility index (Phi) is 6.75. The van der Waals surface area contributed by atoms with Crippen LogP contribution in [0, 0.1) is 10.1 Å². The van der Waals surface area contributed by atoms with Gasteiger partial charge in [0.25, 0.3) is 11.6 Å². The van der Waals surface area contributed by atoms with E-state index in [0.29, 0.717) is 5.69 Å². The summed E-state index contributed by atoms with van der Waals surface area (Å²) < 4.78 is 10.2. The molecule has 0 spiro atoms. The molecular weight excluding hydrogens is 426 g/mol. The minimum Gasteiger partial charge on any atom is -0.495 e. The molecule has 0 radical (unpaired) electrons. The Hall–Kier alpha value is -3.60. The van der Waals surface area contributed by atoms with Crippen LogP contribution in [-0.2, 0) is 19.1 Å². The topological polar surface area (TPSA) is 137 Å². The second kappa shape index (κ2) is 9.47. The van der Waals surface area contributed by atoms with Crippen LogP contribution in [0.1, 0.15) is 13.3 Å². The fourth-order valence-corrected chi connectivity index (χ4v) is 3.91. The number of amides is 2. The van der Waals surface area contributed by atoms with Crippen molar-refractivity contribution in [2.24, 2.45) is 0 Å². The van der Waals surface area contributed by atoms with Crippen LogP contribution in [0.4, 0.5) is 17.1 Å². The minimum absolute atomic E-state index is 0.0726. The van der Waals surface area contributed by atoms with Gasteiger partial charge in [-0.15, -0.1) is 11.8 Å². The van der Waals surface area contributed by atoms with E-state index in [9.17, 15) is 24.5 Å². The number of carbonyl (C=O) groups is 3. The Morgan fingerprint density at radius 2 is 2.03 bits per heavy atom. The highest BCUT2D eigenvalue weighted by Gasteiger charge is 2.30. The van der Waals surface area contributed by atoms with Gasteiger partial charge >= 0.3 is 5.97 Å². The van der Waals surface area contributed by atoms with Gasteiger partial charge < -0.3 is 20.1 Å². The quantitative estimate of drug-likeness (QED) is 0.377. The summed E-state index contributed by atoms with van der Waals surface area (Å²) in [5.41, 5.74) is 0.519. The molecule has 10 nitrogen and oxygen atoms in total. The van der Waals surface area contributed by atoms with Crippen LogP contribution in [-0.4, -0.2) is 41.2 Å². The maximum Gasteiger partial charge on any atom is 0.308 e. The highest BCUT2D eigenvalue weighted by molar-refractivity contribution is 8.01. The maximum absolute atomic E-state index is 12.4. The van der Waals surface area contributed by atoms with Crippen LogP contribution in [0.2, 0.25) is 0 Å². The molecule has 1 heterocycles. The number of ether oxygens (including phenoxy) is 2. The van der Waals surface area contributed by atoms with Gasteiger partial charge in [-0.2, -0.15) is 0 Å². The molecule has 0 bridgehead atoms. The van der Waals surface area contributed by atoms with Gasteiger partial charge in [0.2, 0.25) is 5.91 Å². The molecule has 2 atom stereocenters. The molecule has 11 heteroatoms. The molecule has 2 aromatic carbocycles. The SMILES string of the molecule is COc1ccc([N+](=O)[O-])cc1NC(=O)[C@@H](C)OC(=O)C[C@@H]1Sc2ccccc2NC1=O. The molecule has 0 aromatic heterocycles. The third kappa shape index (κ3) is 5.31. The highest BCUT2D eigenvalue weighted by Crippen LogP contribution is 2.36. The summed E-state index contributed by atoms with van der Waals surface area (Å²) in [5, 5.41) is 15.5. The van der Waals surface area contributed by atoms with Gasteiger partial charge in [0.15, 0.2) is 6.10 Å². The van der Waals surface area contributed by atoms with Gasteiger partial charge in [0.05, 0.1) is 35.1 Å². The fourth-order valence-electron chi connectivity index (χ4n) is 2.82. The molecule has 2 N–H and O–H groups in total. The van der Waals surface area contributed by atoms with Crippen molar-refractivity contribution in [2.45, 2.75) is 29.6 Å². The molecule has 162 valence electrons. The summed E-state index contributed by atoms with van der Waals surface area (Å²) >= 11 is 1.25. The molecule has 1 aliphatic rings. The number of rotatable bonds is 7. The van der Waals surface area contributed by atoms with E-state index >= 15 is 0 Å². The molecule has 3 rings (SSSR count). The van der Waals surface area contributed by atoms with Gasteiger partial charge in [0, 0.05) is 17.0 Å². The van der Waals surface area contributed by atoms with Crippen molar-refractivity contribution in [1.29, 1.82) is 0 Å². The van der Waals surface area contributed by atoms with Gasteiger partial charge in [-0.05, 0) is 25.1 Å². The van der Waals surface area contributed by atoms with Crippen molar-refractivity contribution in [3.8, 4) is 5.75 Å². The number of methoxy groups -OCH3 is 1. The number of esters is 1. The van der Waals surface area contributed by atoms with E-state index in [2.05, 4.69) is 10.6 Å². The van der Waals surface area contributed by atoms with Gasteiger partial charge in [-0.1, -0.05) is 12.1 Å². The Labute approximate surface area is 181 Å². The van der Waals surface area contributed by atoms with E-state index in [4.69, 9.17) is 9.47 Å². The molecule has 0 fully saturated rings. The van der Waals surface area contributed by atoms with Crippen LogP contribution in [0.15, 0.2) is 47.4 Å². The summed E-state index contributed by atoms with van der Waals surface area (Å²) in [4.78, 5) is 48.1. The first-order valence-electron chi connectivity index (χ1n) is 9.18. The summed E-state index contributed by atoms with van der Waals surface area (Å²) in [6.07, 6.45) is -1.41. The van der Waals surface area contributed by atoms with Crippen LogP contribution in [0.25, 0.3) is 0 Å². The fraction of sp³-hybridized carbons (Fsp3) is 0.250. The number of thioether (sulfide) groups is 1. The molecule has 1 aliphatic heterocycles. The maximum atomic E-state index is 12.4. The van der Waals surface area contributed by atoms with Crippen molar-refractivity contribution < 1.29 is 28.8 Å². The van der Waals surface area contributed by atoms with E-state index in [1.165, 1.54) is 37.9 Å². The van der Waals surface area contributed by atoms with Crippen molar-refractivity contribution in [3.05, 3.63) is 52.6 Å². The standard InChI is InChI=1S/C20H19N3O7S/c1-11(19(25)22-14-9-12(23(27)28)7-8-15(14)29-2)30-18(24)10-17-20(26)21-13-5-3-4-6-16(13)31-17/h3-9,11,17H,10H2,1-2H3,(H,21,26)(H,22,25)/t11-,17+/m1/s1. The number of nitro benzene ring substituents is 1. The number of non-ortho nitro benzene ring substituents is 1. The zero-order valence-electron chi connectivity index (χ0n) is 16.6. The zero-order valence-corrected chi connectivity index (χ0v) is 17.4. The first-order valence-corrected chi connectivity index (χ1v) is 10.1. The number of fused-ring (bicyclic) bond motifs is 1. The lowest BCUT2D eigenvalue weighted by atomic mass is 10.2. The number of nitro groups is 1. The van der Waals surface area contributed by atoms with Crippen LogP contribution >= 0.6 is 11.8 Å². The minimum atomic E-state index is -1.19. The molecule has 0 unspecified atom stereocenters. The molecule has 31 heavy (non-hydrogen) atoms. The van der Waals surface area contributed by atoms with Crippen LogP contribution in [0.3, 0.4) is 0 Å². The number of hydrogen-bond donors (Lipinski definition) is 2. The van der Waals surface area contributed by atoms with E-state index < -0.39 is 28.2 Å². The lowest BCUT2D eigenvalue weighted by Crippen LogP contribution is -2.34. The predicted octanol–water partition coefficient (Wildman–Crippen LogP) is 2.98. The third-order valence-electron chi connectivity index (χ3n) is 4.39. The predicted molar refractivity (Wildman–Crippen MR) is 113 cm³/mol. The number of benzene rings is 2. The Morgan fingerprint density at radius 3 is 2.74 bits per heavy atom. The average Bonchev–Trinajstić information content (AvgIpc) is 2.74. The lowest BCUT2D eigenvalue weighted by molar-refractivity contribution is -0.384. The molecule has 0 saturated carbocycles. The first kappa shape index (κ1) is 22.1. The number of nitrogens with one attached hydrogen (secondary N) is 2. The van der Waals surface area contributed by atoms with Crippen molar-refractivity contribution >= 4 is 46.6 Å². The average molecular weight is 445 g/mol. The second-order valence-electron chi connectivity index (χ2n) is 6.56. The first-order chi connectivity index (χ1) is 14.8. The second-order valence-corrected chi connectivity index (χ2v) is 7.80. The third-order valence-corrected chi connectivity index (χ3v) is 5.66. The van der Waals surface area contributed by atoms with Gasteiger partial charge in [-0.3, -0.25) is 24.5 Å². The van der Waals surface area contributed by atoms with Crippen molar-refractivity contribution in [3.63, 3.8) is 0 Å². The van der Waals surface area contributed by atoms with E-state index in [1.54, 1.807) is 12.1 Å². The monoisotopic (exact) mass is 445 g/mol. The number of para-hydroxylation sites is 1. The van der Waals surface area contributed by atoms with Crippen molar-refractivity contribution in [1.82, 2.24) is 0 Å². The number of carbonyl (C=O) groups excluding carboxylic acids is 3. The van der Waals surface area contributed by atoms with Gasteiger partial charge in [0.1, 0.15) is 5.75 Å². The summed E-state index contributed by atoms with van der Waals surface area (Å²) in [5.74, 6) is -1.52. The highest BCUT2D eigenvalue weighted by atomic mass is 32.2. The lowest BCUT2D eigenvalue weighted by Gasteiger charge is -2.23. The summed E-state index contributed by atoms with van der Waals surface area (Å²) in [7, 11) is 1.35. The number of anilines is 2.